The number of halogens is 6. The second-order valence-corrected chi connectivity index (χ2v) is 10.6. The third kappa shape index (κ3) is 9.53. The predicted octanol–water partition coefficient (Wildman–Crippen LogP) is 7.52. The predicted molar refractivity (Wildman–Crippen MR) is 151 cm³/mol. The number of aromatic nitrogens is 3. The Kier molecular flexibility index (Phi) is 12.3. The standard InChI is InChI=1S/C27H32F6N4O6.C2H4/c1-6-15(7-2)14-41-25(27(31,32)33)11-10-16(38)9-8-12-40-20-17(26(28,29)30)13-18(34-23(39)43-24(3,4)5)19(35-20)21-36-37-22(25)42-21;1-2/h6-7,13,16,38H,1,8-12,14H2,2-5H3,(H,34,39);1-2H2/b15-7+;. The van der Waals surface area contributed by atoms with Crippen molar-refractivity contribution in [2.24, 2.45) is 0 Å². The van der Waals surface area contributed by atoms with E-state index < -0.39 is 89.8 Å². The minimum absolute atomic E-state index is 0.0230. The summed E-state index contributed by atoms with van der Waals surface area (Å²) in [5.74, 6) is -2.82. The van der Waals surface area contributed by atoms with Gasteiger partial charge in [-0.05, 0) is 65.0 Å². The molecule has 2 atom stereocenters. The number of fused-ring (bicyclic) bond motifs is 5. The Morgan fingerprint density at radius 3 is 2.40 bits per heavy atom. The largest absolute Gasteiger partial charge is 0.477 e. The van der Waals surface area contributed by atoms with Crippen LogP contribution in [0.15, 0.2) is 47.9 Å². The highest BCUT2D eigenvalue weighted by Gasteiger charge is 2.61. The van der Waals surface area contributed by atoms with Crippen molar-refractivity contribution in [1.82, 2.24) is 15.2 Å². The van der Waals surface area contributed by atoms with Crippen molar-refractivity contribution < 1.29 is 54.9 Å². The summed E-state index contributed by atoms with van der Waals surface area (Å²) in [4.78, 5) is 16.3. The first kappa shape index (κ1) is 37.3. The molecule has 1 aliphatic rings. The van der Waals surface area contributed by atoms with E-state index in [-0.39, 0.29) is 19.4 Å². The summed E-state index contributed by atoms with van der Waals surface area (Å²) in [6.45, 7) is 14.7. The smallest absolute Gasteiger partial charge is 0.426 e. The van der Waals surface area contributed by atoms with E-state index in [4.69, 9.17) is 18.6 Å². The van der Waals surface area contributed by atoms with Crippen LogP contribution in [-0.2, 0) is 21.3 Å². The molecule has 0 aliphatic carbocycles. The van der Waals surface area contributed by atoms with Crippen LogP contribution in [0.5, 0.6) is 5.88 Å². The molecular weight excluding hydrogens is 614 g/mol. The molecule has 2 aromatic rings. The highest BCUT2D eigenvalue weighted by atomic mass is 19.4. The number of pyridine rings is 1. The van der Waals surface area contributed by atoms with Gasteiger partial charge in [0.2, 0.25) is 11.5 Å². The second-order valence-electron chi connectivity index (χ2n) is 10.6. The molecule has 2 aromatic heterocycles. The van der Waals surface area contributed by atoms with Crippen LogP contribution < -0.4 is 10.1 Å². The van der Waals surface area contributed by atoms with Crippen LogP contribution in [0.1, 0.15) is 64.8 Å². The number of nitrogens with one attached hydrogen (secondary N) is 1. The van der Waals surface area contributed by atoms with Gasteiger partial charge >= 0.3 is 18.4 Å². The number of carbonyl (C=O) groups excluding carboxylic acids is 1. The van der Waals surface area contributed by atoms with Crippen molar-refractivity contribution in [1.29, 1.82) is 0 Å². The molecule has 1 aliphatic heterocycles. The van der Waals surface area contributed by atoms with Crippen LogP contribution >= 0.6 is 0 Å². The fourth-order valence-corrected chi connectivity index (χ4v) is 4.02. The van der Waals surface area contributed by atoms with Gasteiger partial charge in [0.15, 0.2) is 5.69 Å². The summed E-state index contributed by atoms with van der Waals surface area (Å²) >= 11 is 0. The van der Waals surface area contributed by atoms with Crippen molar-refractivity contribution in [3.05, 3.63) is 55.0 Å². The van der Waals surface area contributed by atoms with E-state index in [1.807, 2.05) is 0 Å². The van der Waals surface area contributed by atoms with Gasteiger partial charge in [-0.15, -0.1) is 23.4 Å². The first-order valence-corrected chi connectivity index (χ1v) is 13.7. The van der Waals surface area contributed by atoms with Crippen molar-refractivity contribution in [3.8, 4) is 17.5 Å². The highest BCUT2D eigenvalue weighted by Crippen LogP contribution is 2.47. The Bertz CT molecular complexity index is 1350. The number of nitrogens with zero attached hydrogens (tertiary/aromatic N) is 3. The van der Waals surface area contributed by atoms with Gasteiger partial charge in [-0.25, -0.2) is 9.78 Å². The maximum absolute atomic E-state index is 14.8. The number of ether oxygens (including phenoxy) is 3. The number of aliphatic hydroxyl groups excluding tert-OH is 1. The summed E-state index contributed by atoms with van der Waals surface area (Å²) in [5, 5.41) is 19.7. The lowest BCUT2D eigenvalue weighted by Gasteiger charge is -2.33. The zero-order chi connectivity index (χ0) is 34.2. The molecule has 250 valence electrons. The second kappa shape index (κ2) is 14.9. The van der Waals surface area contributed by atoms with Crippen molar-refractivity contribution in [2.45, 2.75) is 83.0 Å². The third-order valence-electron chi connectivity index (χ3n) is 6.23. The fourth-order valence-electron chi connectivity index (χ4n) is 4.02. The lowest BCUT2D eigenvalue weighted by atomic mass is 9.93. The number of hydrogen-bond acceptors (Lipinski definition) is 9. The van der Waals surface area contributed by atoms with Crippen LogP contribution in [0.4, 0.5) is 36.8 Å². The maximum Gasteiger partial charge on any atom is 0.426 e. The molecule has 0 fully saturated rings. The van der Waals surface area contributed by atoms with Crippen LogP contribution in [0.25, 0.3) is 11.6 Å². The van der Waals surface area contributed by atoms with Crippen molar-refractivity contribution in [3.63, 3.8) is 0 Å². The molecule has 0 saturated heterocycles. The lowest BCUT2D eigenvalue weighted by molar-refractivity contribution is -0.294. The normalized spacial score (nSPS) is 19.7. The quantitative estimate of drug-likeness (QED) is 0.192. The highest BCUT2D eigenvalue weighted by molar-refractivity contribution is 5.89. The fraction of sp³-hybridized carbons (Fsp3) is 0.517. The molecule has 0 aromatic carbocycles. The van der Waals surface area contributed by atoms with Gasteiger partial charge in [0.05, 0.1) is 25.0 Å². The first-order chi connectivity index (χ1) is 20.9. The minimum atomic E-state index is -5.16. The Morgan fingerprint density at radius 2 is 1.84 bits per heavy atom. The van der Waals surface area contributed by atoms with Gasteiger partial charge in [0.25, 0.3) is 11.8 Å². The maximum atomic E-state index is 14.8. The number of hydrogen-bond donors (Lipinski definition) is 2. The molecule has 0 saturated carbocycles. The molecule has 0 radical (unpaired) electrons. The van der Waals surface area contributed by atoms with Crippen LogP contribution in [0.3, 0.4) is 0 Å². The van der Waals surface area contributed by atoms with Gasteiger partial charge in [-0.2, -0.15) is 26.3 Å². The van der Waals surface area contributed by atoms with E-state index in [1.165, 1.54) is 32.9 Å². The molecule has 3 rings (SSSR count). The number of alkyl halides is 6. The third-order valence-corrected chi connectivity index (χ3v) is 6.23. The number of aliphatic hydroxyl groups is 1. The summed E-state index contributed by atoms with van der Waals surface area (Å²) in [7, 11) is 0. The monoisotopic (exact) mass is 650 g/mol. The number of amides is 1. The molecule has 2 N–H and O–H groups in total. The number of rotatable bonds is 5. The molecule has 3 heterocycles. The zero-order valence-corrected chi connectivity index (χ0v) is 25.3. The average molecular weight is 651 g/mol. The Balaban J connectivity index is 0.00000345. The van der Waals surface area contributed by atoms with Crippen LogP contribution in [0, 0.1) is 0 Å². The number of carbonyl (C=O) groups is 1. The molecule has 16 heteroatoms. The van der Waals surface area contributed by atoms with Gasteiger partial charge in [-0.3, -0.25) is 5.32 Å². The van der Waals surface area contributed by atoms with E-state index in [2.05, 4.69) is 40.2 Å². The molecule has 2 unspecified atom stereocenters. The van der Waals surface area contributed by atoms with Gasteiger partial charge in [0.1, 0.15) is 11.2 Å². The van der Waals surface area contributed by atoms with E-state index in [9.17, 15) is 36.2 Å². The average Bonchev–Trinajstić information content (AvgIpc) is 3.42. The topological polar surface area (TPSA) is 129 Å². The minimum Gasteiger partial charge on any atom is -0.477 e. The molecule has 45 heavy (non-hydrogen) atoms. The van der Waals surface area contributed by atoms with E-state index in [0.29, 0.717) is 11.6 Å². The van der Waals surface area contributed by atoms with Crippen LogP contribution in [-0.4, -0.2) is 57.5 Å². The van der Waals surface area contributed by atoms with Crippen molar-refractivity contribution >= 4 is 11.8 Å². The summed E-state index contributed by atoms with van der Waals surface area (Å²) in [5.41, 5.74) is -6.63. The summed E-state index contributed by atoms with van der Waals surface area (Å²) < 4.78 is 108. The van der Waals surface area contributed by atoms with Crippen molar-refractivity contribution in [2.75, 3.05) is 18.5 Å². The Hall–Kier alpha value is -3.92. The van der Waals surface area contributed by atoms with Gasteiger partial charge in [0, 0.05) is 0 Å². The summed E-state index contributed by atoms with van der Waals surface area (Å²) in [6, 6.07) is 0.474. The van der Waals surface area contributed by atoms with Gasteiger partial charge < -0.3 is 23.7 Å². The molecule has 0 spiro atoms. The molecule has 4 bridgehead atoms. The molecule has 1 amide bonds. The zero-order valence-electron chi connectivity index (χ0n) is 25.3. The van der Waals surface area contributed by atoms with E-state index >= 15 is 0 Å². The first-order valence-electron chi connectivity index (χ1n) is 13.7. The van der Waals surface area contributed by atoms with E-state index in [1.54, 1.807) is 6.92 Å². The van der Waals surface area contributed by atoms with Crippen LogP contribution in [0.2, 0.25) is 0 Å². The molecular formula is C29H36F6N4O6. The number of allylic oxidation sites excluding steroid dienone is 1. The Labute approximate surface area is 256 Å². The van der Waals surface area contributed by atoms with Gasteiger partial charge in [-0.1, -0.05) is 18.7 Å². The number of anilines is 1. The lowest BCUT2D eigenvalue weighted by Crippen LogP contribution is -2.46. The summed E-state index contributed by atoms with van der Waals surface area (Å²) in [6.07, 6.45) is -11.3. The van der Waals surface area contributed by atoms with E-state index in [0.717, 1.165) is 0 Å². The Morgan fingerprint density at radius 1 is 1.18 bits per heavy atom. The SMILES string of the molecule is C=C.C=C/C(=C\C)COC1(C(F)(F)F)CCC(O)CCCOc2nc(c(NC(=O)OC(C)(C)C)cc2C(F)(F)F)-c2nnc1o2. The molecule has 10 nitrogen and oxygen atoms in total.